The molecule has 0 amide bonds. The monoisotopic (exact) mass is 332 g/mol. The van der Waals surface area contributed by atoms with Gasteiger partial charge in [-0.2, -0.15) is 5.26 Å². The van der Waals surface area contributed by atoms with Crippen LogP contribution in [0, 0.1) is 11.3 Å². The second kappa shape index (κ2) is 5.36. The Morgan fingerprint density at radius 3 is 2.84 bits per heavy atom. The molecule has 0 N–H and O–H groups in total. The van der Waals surface area contributed by atoms with Crippen LogP contribution in [0.2, 0.25) is 0 Å². The first-order chi connectivity index (χ1) is 9.26. The van der Waals surface area contributed by atoms with Crippen molar-refractivity contribution in [2.24, 2.45) is 0 Å². The van der Waals surface area contributed by atoms with Crippen molar-refractivity contribution in [1.82, 2.24) is 0 Å². The highest BCUT2D eigenvalue weighted by Gasteiger charge is 2.29. The van der Waals surface area contributed by atoms with Gasteiger partial charge in [0.15, 0.2) is 0 Å². The largest absolute Gasteiger partial charge is 0.363 e. The molecule has 0 atom stereocenters. The molecule has 1 aromatic heterocycles. The molecular weight excluding hydrogens is 320 g/mol. The van der Waals surface area contributed by atoms with Gasteiger partial charge in [0.1, 0.15) is 0 Å². The summed E-state index contributed by atoms with van der Waals surface area (Å²) in [6.07, 6.45) is 2.50. The number of anilines is 1. The lowest BCUT2D eigenvalue weighted by Gasteiger charge is -2.24. The normalized spacial score (nSPS) is 14.1. The van der Waals surface area contributed by atoms with E-state index >= 15 is 0 Å². The van der Waals surface area contributed by atoms with Crippen molar-refractivity contribution >= 4 is 33.0 Å². The van der Waals surface area contributed by atoms with Crippen LogP contribution < -0.4 is 4.90 Å². The zero-order chi connectivity index (χ0) is 13.2. The van der Waals surface area contributed by atoms with Gasteiger partial charge in [-0.05, 0) is 42.5 Å². The average Bonchev–Trinajstić information content (AvgIpc) is 3.12. The summed E-state index contributed by atoms with van der Waals surface area (Å²) in [6, 6.07) is 13.1. The lowest BCUT2D eigenvalue weighted by molar-refractivity contribution is 0.803. The van der Waals surface area contributed by atoms with Crippen LogP contribution in [-0.4, -0.2) is 6.04 Å². The zero-order valence-corrected chi connectivity index (χ0v) is 12.7. The first-order valence-corrected chi connectivity index (χ1v) is 7.93. The summed E-state index contributed by atoms with van der Waals surface area (Å²) < 4.78 is 0.971. The Bertz CT molecular complexity index is 612. The predicted molar refractivity (Wildman–Crippen MR) is 82.4 cm³/mol. The molecule has 1 saturated carbocycles. The van der Waals surface area contributed by atoms with Gasteiger partial charge in [0.05, 0.1) is 18.2 Å². The summed E-state index contributed by atoms with van der Waals surface area (Å²) in [4.78, 5) is 3.78. The summed E-state index contributed by atoms with van der Waals surface area (Å²) >= 11 is 5.28. The lowest BCUT2D eigenvalue weighted by Crippen LogP contribution is -2.24. The standard InChI is InChI=1S/C15H13BrN2S/c16-12-6-11(9-17)7-14(8-12)18(13-3-4-13)10-15-2-1-5-19-15/h1-2,5-8,13H,3-4,10H2. The van der Waals surface area contributed by atoms with E-state index in [1.807, 2.05) is 12.1 Å². The Kier molecular flexibility index (Phi) is 3.58. The molecule has 2 aromatic rings. The van der Waals surface area contributed by atoms with Gasteiger partial charge in [0, 0.05) is 21.1 Å². The van der Waals surface area contributed by atoms with Crippen molar-refractivity contribution in [2.45, 2.75) is 25.4 Å². The molecule has 3 rings (SSSR count). The average molecular weight is 333 g/mol. The van der Waals surface area contributed by atoms with Crippen LogP contribution in [0.5, 0.6) is 0 Å². The zero-order valence-electron chi connectivity index (χ0n) is 10.3. The Morgan fingerprint density at radius 2 is 2.21 bits per heavy atom. The molecular formula is C15H13BrN2S. The van der Waals surface area contributed by atoms with Crippen molar-refractivity contribution in [1.29, 1.82) is 5.26 Å². The SMILES string of the molecule is N#Cc1cc(Br)cc(N(Cc2cccs2)C2CC2)c1. The van der Waals surface area contributed by atoms with Crippen molar-refractivity contribution in [3.63, 3.8) is 0 Å². The molecule has 1 heterocycles. The number of hydrogen-bond acceptors (Lipinski definition) is 3. The number of nitriles is 1. The summed E-state index contributed by atoms with van der Waals surface area (Å²) in [5.41, 5.74) is 1.85. The number of thiophene rings is 1. The first-order valence-electron chi connectivity index (χ1n) is 6.26. The van der Waals surface area contributed by atoms with Gasteiger partial charge >= 0.3 is 0 Å². The maximum absolute atomic E-state index is 9.09. The quantitative estimate of drug-likeness (QED) is 0.821. The van der Waals surface area contributed by atoms with Crippen molar-refractivity contribution in [3.8, 4) is 6.07 Å². The fourth-order valence-corrected chi connectivity index (χ4v) is 3.38. The highest BCUT2D eigenvalue weighted by atomic mass is 79.9. The molecule has 0 spiro atoms. The van der Waals surface area contributed by atoms with Gasteiger partial charge in [-0.3, -0.25) is 0 Å². The Balaban J connectivity index is 1.92. The number of rotatable bonds is 4. The highest BCUT2D eigenvalue weighted by molar-refractivity contribution is 9.10. The third-order valence-electron chi connectivity index (χ3n) is 3.24. The van der Waals surface area contributed by atoms with Crippen LogP contribution in [0.4, 0.5) is 5.69 Å². The van der Waals surface area contributed by atoms with E-state index in [0.29, 0.717) is 11.6 Å². The number of nitrogens with zero attached hydrogens (tertiary/aromatic N) is 2. The van der Waals surface area contributed by atoms with Gasteiger partial charge in [-0.15, -0.1) is 11.3 Å². The van der Waals surface area contributed by atoms with E-state index in [-0.39, 0.29) is 0 Å². The van der Waals surface area contributed by atoms with Gasteiger partial charge < -0.3 is 4.90 Å². The summed E-state index contributed by atoms with van der Waals surface area (Å²) in [5.74, 6) is 0. The predicted octanol–water partition coefficient (Wildman–Crippen LogP) is 4.55. The third-order valence-corrected chi connectivity index (χ3v) is 4.56. The van der Waals surface area contributed by atoms with E-state index < -0.39 is 0 Å². The Labute approximate surface area is 125 Å². The van der Waals surface area contributed by atoms with E-state index in [0.717, 1.165) is 16.7 Å². The maximum Gasteiger partial charge on any atom is 0.0992 e. The Hall–Kier alpha value is -1.31. The van der Waals surface area contributed by atoms with E-state index in [9.17, 15) is 0 Å². The minimum Gasteiger partial charge on any atom is -0.363 e. The Morgan fingerprint density at radius 1 is 1.37 bits per heavy atom. The van der Waals surface area contributed by atoms with E-state index in [1.54, 1.807) is 11.3 Å². The number of benzene rings is 1. The molecule has 0 bridgehead atoms. The minimum absolute atomic E-state index is 0.628. The molecule has 4 heteroatoms. The van der Waals surface area contributed by atoms with Crippen LogP contribution in [0.1, 0.15) is 23.3 Å². The van der Waals surface area contributed by atoms with Crippen LogP contribution in [0.15, 0.2) is 40.2 Å². The van der Waals surface area contributed by atoms with Gasteiger partial charge in [-0.1, -0.05) is 22.0 Å². The molecule has 1 aromatic carbocycles. The van der Waals surface area contributed by atoms with Crippen molar-refractivity contribution in [2.75, 3.05) is 4.90 Å². The summed E-state index contributed by atoms with van der Waals surface area (Å²) in [5, 5.41) is 11.2. The van der Waals surface area contributed by atoms with Crippen LogP contribution in [0.25, 0.3) is 0 Å². The number of hydrogen-bond donors (Lipinski definition) is 0. The van der Waals surface area contributed by atoms with E-state index in [4.69, 9.17) is 5.26 Å². The van der Waals surface area contributed by atoms with E-state index in [1.165, 1.54) is 17.7 Å². The summed E-state index contributed by atoms with van der Waals surface area (Å²) in [6.45, 7) is 0.934. The fraction of sp³-hybridized carbons (Fsp3) is 0.267. The van der Waals surface area contributed by atoms with Gasteiger partial charge in [-0.25, -0.2) is 0 Å². The van der Waals surface area contributed by atoms with Gasteiger partial charge in [0.2, 0.25) is 0 Å². The second-order valence-electron chi connectivity index (χ2n) is 4.75. The van der Waals surface area contributed by atoms with Gasteiger partial charge in [0.25, 0.3) is 0 Å². The van der Waals surface area contributed by atoms with Crippen molar-refractivity contribution < 1.29 is 0 Å². The molecule has 1 aliphatic carbocycles. The van der Waals surface area contributed by atoms with Crippen LogP contribution >= 0.6 is 27.3 Å². The lowest BCUT2D eigenvalue weighted by atomic mass is 10.2. The molecule has 0 radical (unpaired) electrons. The van der Waals surface area contributed by atoms with Crippen molar-refractivity contribution in [3.05, 3.63) is 50.6 Å². The van der Waals surface area contributed by atoms with Crippen LogP contribution in [-0.2, 0) is 6.54 Å². The second-order valence-corrected chi connectivity index (χ2v) is 6.70. The molecule has 0 unspecified atom stereocenters. The molecule has 96 valence electrons. The molecule has 1 fully saturated rings. The summed E-state index contributed by atoms with van der Waals surface area (Å²) in [7, 11) is 0. The topological polar surface area (TPSA) is 27.0 Å². The third kappa shape index (κ3) is 2.99. The fourth-order valence-electron chi connectivity index (χ4n) is 2.19. The minimum atomic E-state index is 0.628. The smallest absolute Gasteiger partial charge is 0.0992 e. The number of halogens is 1. The molecule has 1 aliphatic rings. The maximum atomic E-state index is 9.09. The molecule has 2 nitrogen and oxygen atoms in total. The first kappa shape index (κ1) is 12.7. The van der Waals surface area contributed by atoms with E-state index in [2.05, 4.69) is 50.5 Å². The molecule has 19 heavy (non-hydrogen) atoms. The highest BCUT2D eigenvalue weighted by Crippen LogP contribution is 2.35. The van der Waals surface area contributed by atoms with Crippen LogP contribution in [0.3, 0.4) is 0 Å². The molecule has 0 aliphatic heterocycles. The molecule has 0 saturated heterocycles.